The van der Waals surface area contributed by atoms with E-state index in [4.69, 9.17) is 9.47 Å². The predicted molar refractivity (Wildman–Crippen MR) is 115 cm³/mol. The first-order valence-corrected chi connectivity index (χ1v) is 11.2. The van der Waals surface area contributed by atoms with Crippen molar-refractivity contribution in [2.24, 2.45) is 5.92 Å². The minimum absolute atomic E-state index is 0.136. The van der Waals surface area contributed by atoms with Gasteiger partial charge in [-0.2, -0.15) is 0 Å². The molecule has 1 amide bonds. The molecule has 0 radical (unpaired) electrons. The number of allylic oxidation sites excluding steroid dienone is 3. The van der Waals surface area contributed by atoms with E-state index in [1.54, 1.807) is 0 Å². The highest BCUT2D eigenvalue weighted by Gasteiger charge is 2.49. The van der Waals surface area contributed by atoms with Crippen LogP contribution in [0.1, 0.15) is 52.4 Å². The van der Waals surface area contributed by atoms with Crippen molar-refractivity contribution in [1.82, 2.24) is 5.32 Å². The average molecular weight is 424 g/mol. The van der Waals surface area contributed by atoms with E-state index in [2.05, 4.69) is 25.4 Å². The molecule has 2 rings (SSSR count). The van der Waals surface area contributed by atoms with Gasteiger partial charge in [-0.1, -0.05) is 36.4 Å². The third-order valence-corrected chi connectivity index (χ3v) is 6.25. The summed E-state index contributed by atoms with van der Waals surface area (Å²) < 4.78 is 11.7. The molecule has 29 heavy (non-hydrogen) atoms. The van der Waals surface area contributed by atoms with Gasteiger partial charge in [-0.3, -0.25) is 4.79 Å². The van der Waals surface area contributed by atoms with Crippen LogP contribution < -0.4 is 5.32 Å². The van der Waals surface area contributed by atoms with Gasteiger partial charge in [-0.05, 0) is 38.5 Å². The summed E-state index contributed by atoms with van der Waals surface area (Å²) in [5.74, 6) is -1.21. The molecule has 0 spiro atoms. The van der Waals surface area contributed by atoms with Crippen LogP contribution in [0.4, 0.5) is 4.79 Å². The van der Waals surface area contributed by atoms with Crippen molar-refractivity contribution in [3.8, 4) is 0 Å². The van der Waals surface area contributed by atoms with E-state index >= 15 is 0 Å². The summed E-state index contributed by atoms with van der Waals surface area (Å²) in [7, 11) is 0. The molecule has 2 saturated heterocycles. The number of rotatable bonds is 10. The standard InChI is InChI=1S/C22H33NO5S/c1-5-7-8-16(4)11-20(24)27-18-12-17(10-9-15(3)6-2)28-22(26,13-18)19-14-29-21(25)23-19/h5-6,11,15,17-19,26H,1-2,7-10,12-14H2,3-4H3,(H,23,25)/b16-11-/t15-,17-,18-,19+,22-/m1/s1. The van der Waals surface area contributed by atoms with Gasteiger partial charge >= 0.3 is 5.97 Å². The first kappa shape index (κ1) is 23.7. The fourth-order valence-electron chi connectivity index (χ4n) is 3.57. The summed E-state index contributed by atoms with van der Waals surface area (Å²) in [4.78, 5) is 24.0. The molecule has 0 aromatic carbocycles. The lowest BCUT2D eigenvalue weighted by Gasteiger charge is -2.43. The molecule has 7 heteroatoms. The molecule has 2 heterocycles. The lowest BCUT2D eigenvalue weighted by molar-refractivity contribution is -0.283. The van der Waals surface area contributed by atoms with E-state index in [0.29, 0.717) is 24.5 Å². The quantitative estimate of drug-likeness (QED) is 0.313. The summed E-state index contributed by atoms with van der Waals surface area (Å²) >= 11 is 1.12. The molecule has 0 bridgehead atoms. The van der Waals surface area contributed by atoms with Crippen molar-refractivity contribution in [3.63, 3.8) is 0 Å². The number of hydrogen-bond donors (Lipinski definition) is 2. The molecule has 2 fully saturated rings. The molecule has 0 aromatic heterocycles. The van der Waals surface area contributed by atoms with Crippen molar-refractivity contribution >= 4 is 23.0 Å². The van der Waals surface area contributed by atoms with Gasteiger partial charge in [-0.15, -0.1) is 13.2 Å². The normalized spacial score (nSPS) is 31.1. The maximum Gasteiger partial charge on any atom is 0.330 e. The highest BCUT2D eigenvalue weighted by molar-refractivity contribution is 8.14. The Hall–Kier alpha value is -1.57. The number of nitrogens with one attached hydrogen (secondary N) is 1. The Morgan fingerprint density at radius 1 is 1.52 bits per heavy atom. The number of carbonyl (C=O) groups is 2. The SMILES string of the molecule is C=CCC/C(C)=C\C(=O)O[C@@H]1C[C@@H](CC[C@H](C)C=C)O[C@@](O)([C@@H]2CSC(=O)N2)C1. The van der Waals surface area contributed by atoms with Crippen molar-refractivity contribution in [2.75, 3.05) is 5.75 Å². The molecular formula is C22H33NO5S. The number of aliphatic hydroxyl groups is 1. The Labute approximate surface area is 177 Å². The van der Waals surface area contributed by atoms with E-state index in [1.165, 1.54) is 6.08 Å². The van der Waals surface area contributed by atoms with E-state index in [1.807, 2.05) is 19.1 Å². The average Bonchev–Trinajstić information content (AvgIpc) is 3.11. The topological polar surface area (TPSA) is 84.9 Å². The monoisotopic (exact) mass is 423 g/mol. The molecule has 6 nitrogen and oxygen atoms in total. The van der Waals surface area contributed by atoms with Crippen molar-refractivity contribution in [2.45, 2.75) is 76.4 Å². The third kappa shape index (κ3) is 7.32. The van der Waals surface area contributed by atoms with Crippen LogP contribution in [-0.4, -0.2) is 46.1 Å². The van der Waals surface area contributed by atoms with Gasteiger partial charge in [0.05, 0.1) is 12.1 Å². The van der Waals surface area contributed by atoms with E-state index in [9.17, 15) is 14.7 Å². The minimum Gasteiger partial charge on any atom is -0.459 e. The second-order valence-corrected chi connectivity index (χ2v) is 8.98. The van der Waals surface area contributed by atoms with E-state index in [-0.39, 0.29) is 17.8 Å². The number of amides is 1. The van der Waals surface area contributed by atoms with Crippen molar-refractivity contribution in [1.29, 1.82) is 0 Å². The lowest BCUT2D eigenvalue weighted by atomic mass is 9.90. The van der Waals surface area contributed by atoms with Crippen LogP contribution in [-0.2, 0) is 14.3 Å². The Bertz CT molecular complexity index is 649. The summed E-state index contributed by atoms with van der Waals surface area (Å²) in [6, 6.07) is -0.523. The molecule has 0 unspecified atom stereocenters. The number of ether oxygens (including phenoxy) is 2. The largest absolute Gasteiger partial charge is 0.459 e. The number of esters is 1. The third-order valence-electron chi connectivity index (χ3n) is 5.37. The van der Waals surface area contributed by atoms with Gasteiger partial charge in [0, 0.05) is 24.7 Å². The van der Waals surface area contributed by atoms with Crippen LogP contribution in [0.25, 0.3) is 0 Å². The summed E-state index contributed by atoms with van der Waals surface area (Å²) in [5.41, 5.74) is 0.924. The van der Waals surface area contributed by atoms with Crippen molar-refractivity contribution in [3.05, 3.63) is 37.0 Å². The Morgan fingerprint density at radius 3 is 2.90 bits per heavy atom. The number of thioether (sulfide) groups is 1. The first-order valence-electron chi connectivity index (χ1n) is 10.2. The summed E-state index contributed by atoms with van der Waals surface area (Å²) in [6.07, 6.45) is 8.24. The Morgan fingerprint density at radius 2 is 2.28 bits per heavy atom. The molecule has 0 saturated carbocycles. The van der Waals surface area contributed by atoms with Gasteiger partial charge < -0.3 is 19.9 Å². The number of hydrogen-bond acceptors (Lipinski definition) is 6. The van der Waals surface area contributed by atoms with Gasteiger partial charge in [0.25, 0.3) is 5.24 Å². The molecule has 5 atom stereocenters. The van der Waals surface area contributed by atoms with Crippen LogP contribution in [0.15, 0.2) is 37.0 Å². The lowest BCUT2D eigenvalue weighted by Crippen LogP contribution is -2.58. The molecule has 0 aliphatic carbocycles. The van der Waals surface area contributed by atoms with E-state index < -0.39 is 23.9 Å². The molecule has 0 aromatic rings. The second kappa shape index (κ2) is 11.0. The molecule has 2 aliphatic rings. The Balaban J connectivity index is 2.06. The zero-order valence-corrected chi connectivity index (χ0v) is 18.2. The maximum absolute atomic E-state index is 12.4. The molecule has 2 N–H and O–H groups in total. The van der Waals surface area contributed by atoms with E-state index in [0.717, 1.165) is 36.6 Å². The maximum atomic E-state index is 12.4. The number of carbonyl (C=O) groups excluding carboxylic acids is 2. The smallest absolute Gasteiger partial charge is 0.330 e. The van der Waals surface area contributed by atoms with Crippen LogP contribution in [0.5, 0.6) is 0 Å². The molecule has 162 valence electrons. The predicted octanol–water partition coefficient (Wildman–Crippen LogP) is 4.11. The first-order chi connectivity index (χ1) is 13.8. The summed E-state index contributed by atoms with van der Waals surface area (Å²) in [5, 5.41) is 13.8. The fourth-order valence-corrected chi connectivity index (χ4v) is 4.46. The van der Waals surface area contributed by atoms with Crippen LogP contribution in [0.2, 0.25) is 0 Å². The molecular weight excluding hydrogens is 390 g/mol. The van der Waals surface area contributed by atoms with Gasteiger partial charge in [0.2, 0.25) is 0 Å². The highest BCUT2D eigenvalue weighted by atomic mass is 32.2. The zero-order chi connectivity index (χ0) is 21.4. The van der Waals surface area contributed by atoms with Crippen LogP contribution >= 0.6 is 11.8 Å². The van der Waals surface area contributed by atoms with Crippen molar-refractivity contribution < 1.29 is 24.2 Å². The van der Waals surface area contributed by atoms with Gasteiger partial charge in [0.1, 0.15) is 6.10 Å². The summed E-state index contributed by atoms with van der Waals surface area (Å²) in [6.45, 7) is 11.4. The minimum atomic E-state index is -1.55. The Kier molecular flexibility index (Phi) is 8.99. The fraction of sp³-hybridized carbons (Fsp3) is 0.636. The van der Waals surface area contributed by atoms with Crippen LogP contribution in [0, 0.1) is 5.92 Å². The van der Waals surface area contributed by atoms with Gasteiger partial charge in [0.15, 0.2) is 5.79 Å². The van der Waals surface area contributed by atoms with Gasteiger partial charge in [-0.25, -0.2) is 4.79 Å². The van der Waals surface area contributed by atoms with Crippen LogP contribution in [0.3, 0.4) is 0 Å². The highest BCUT2D eigenvalue weighted by Crippen LogP contribution is 2.36. The second-order valence-electron chi connectivity index (χ2n) is 7.99. The molecule has 2 aliphatic heterocycles. The zero-order valence-electron chi connectivity index (χ0n) is 17.4.